The van der Waals surface area contributed by atoms with Crippen molar-refractivity contribution in [3.63, 3.8) is 0 Å². The summed E-state index contributed by atoms with van der Waals surface area (Å²) >= 11 is 11.8. The van der Waals surface area contributed by atoms with E-state index in [1.54, 1.807) is 37.3 Å². The summed E-state index contributed by atoms with van der Waals surface area (Å²) in [6.07, 6.45) is 0. The molecule has 0 aliphatic heterocycles. The van der Waals surface area contributed by atoms with E-state index in [-0.39, 0.29) is 21.4 Å². The second kappa shape index (κ2) is 6.68. The minimum atomic E-state index is -0.753. The van der Waals surface area contributed by atoms with Gasteiger partial charge >= 0.3 is 5.97 Å². The summed E-state index contributed by atoms with van der Waals surface area (Å²) in [5.41, 5.74) is 13.6. The van der Waals surface area contributed by atoms with Gasteiger partial charge in [-0.05, 0) is 30.7 Å². The molecule has 0 fully saturated rings. The van der Waals surface area contributed by atoms with Gasteiger partial charge in [0.2, 0.25) is 0 Å². The fraction of sp³-hybridized carbons (Fsp3) is 0.0667. The standard InChI is InChI=1S/C15H13Cl2N3O2/c1-8-9(4-3-7-12(8)18)14(19)20-22-15(21)10-5-2-6-11(16)13(10)17/h2-7H,18H2,1H3,(H2,19,20). The Hall–Kier alpha value is -2.24. The van der Waals surface area contributed by atoms with E-state index in [1.807, 2.05) is 0 Å². The molecule has 0 aliphatic carbocycles. The quantitative estimate of drug-likeness (QED) is 0.295. The van der Waals surface area contributed by atoms with Gasteiger partial charge in [0.25, 0.3) is 0 Å². The lowest BCUT2D eigenvalue weighted by Gasteiger charge is -2.07. The summed E-state index contributed by atoms with van der Waals surface area (Å²) in [7, 11) is 0. The van der Waals surface area contributed by atoms with Crippen LogP contribution in [0.15, 0.2) is 41.6 Å². The van der Waals surface area contributed by atoms with Gasteiger partial charge in [0.15, 0.2) is 5.84 Å². The summed E-state index contributed by atoms with van der Waals surface area (Å²) in [5.74, 6) is -0.715. The second-order valence-electron chi connectivity index (χ2n) is 4.48. The molecule has 0 amide bonds. The first-order valence-electron chi connectivity index (χ1n) is 6.26. The van der Waals surface area contributed by atoms with E-state index >= 15 is 0 Å². The van der Waals surface area contributed by atoms with Gasteiger partial charge in [-0.3, -0.25) is 0 Å². The van der Waals surface area contributed by atoms with Gasteiger partial charge in [0, 0.05) is 11.3 Å². The van der Waals surface area contributed by atoms with Gasteiger partial charge in [0.05, 0.1) is 15.6 Å². The number of amidine groups is 1. The summed E-state index contributed by atoms with van der Waals surface area (Å²) in [6, 6.07) is 9.83. The van der Waals surface area contributed by atoms with E-state index < -0.39 is 5.97 Å². The van der Waals surface area contributed by atoms with Crippen LogP contribution in [0.4, 0.5) is 5.69 Å². The molecule has 2 aromatic carbocycles. The number of benzene rings is 2. The molecule has 4 N–H and O–H groups in total. The average Bonchev–Trinajstić information content (AvgIpc) is 2.50. The molecule has 0 atom stereocenters. The third kappa shape index (κ3) is 3.32. The van der Waals surface area contributed by atoms with Gasteiger partial charge in [-0.1, -0.05) is 46.6 Å². The Bertz CT molecular complexity index is 760. The van der Waals surface area contributed by atoms with Gasteiger partial charge in [-0.25, -0.2) is 4.79 Å². The second-order valence-corrected chi connectivity index (χ2v) is 5.26. The first-order chi connectivity index (χ1) is 10.4. The third-order valence-electron chi connectivity index (χ3n) is 3.05. The molecule has 0 aliphatic rings. The van der Waals surface area contributed by atoms with Crippen LogP contribution < -0.4 is 11.5 Å². The minimum Gasteiger partial charge on any atom is -0.398 e. The molecular formula is C15H13Cl2N3O2. The first-order valence-corrected chi connectivity index (χ1v) is 7.01. The molecule has 7 heteroatoms. The van der Waals surface area contributed by atoms with E-state index in [2.05, 4.69) is 5.16 Å². The number of anilines is 1. The number of nitrogens with two attached hydrogens (primary N) is 2. The SMILES string of the molecule is Cc1c(N)cccc1/C(N)=N/OC(=O)c1cccc(Cl)c1Cl. The summed E-state index contributed by atoms with van der Waals surface area (Å²) in [5, 5.41) is 3.98. The summed E-state index contributed by atoms with van der Waals surface area (Å²) in [4.78, 5) is 16.8. The normalized spacial score (nSPS) is 11.3. The lowest BCUT2D eigenvalue weighted by atomic mass is 10.1. The van der Waals surface area contributed by atoms with Crippen LogP contribution in [0.1, 0.15) is 21.5 Å². The highest BCUT2D eigenvalue weighted by Gasteiger charge is 2.15. The fourth-order valence-electron chi connectivity index (χ4n) is 1.78. The van der Waals surface area contributed by atoms with Crippen molar-refractivity contribution in [1.82, 2.24) is 0 Å². The molecule has 5 nitrogen and oxygen atoms in total. The van der Waals surface area contributed by atoms with Crippen molar-refractivity contribution in [1.29, 1.82) is 0 Å². The molecule has 0 saturated heterocycles. The predicted octanol–water partition coefficient (Wildman–Crippen LogP) is 3.36. The monoisotopic (exact) mass is 337 g/mol. The zero-order valence-corrected chi connectivity index (χ0v) is 13.2. The molecule has 0 unspecified atom stereocenters. The fourth-order valence-corrected chi connectivity index (χ4v) is 2.16. The van der Waals surface area contributed by atoms with Crippen LogP contribution in [0.3, 0.4) is 0 Å². The van der Waals surface area contributed by atoms with Crippen LogP contribution in [0.25, 0.3) is 0 Å². The van der Waals surface area contributed by atoms with Crippen molar-refractivity contribution in [3.05, 3.63) is 63.1 Å². The van der Waals surface area contributed by atoms with Crippen molar-refractivity contribution in [2.75, 3.05) is 5.73 Å². The number of nitrogen functional groups attached to an aromatic ring is 1. The van der Waals surface area contributed by atoms with Crippen LogP contribution in [0.5, 0.6) is 0 Å². The molecule has 0 bridgehead atoms. The van der Waals surface area contributed by atoms with Crippen LogP contribution in [-0.4, -0.2) is 11.8 Å². The average molecular weight is 338 g/mol. The van der Waals surface area contributed by atoms with Crippen molar-refractivity contribution >= 4 is 40.7 Å². The van der Waals surface area contributed by atoms with Gasteiger partial charge in [-0.15, -0.1) is 0 Å². The van der Waals surface area contributed by atoms with Crippen molar-refractivity contribution in [2.45, 2.75) is 6.92 Å². The van der Waals surface area contributed by atoms with E-state index in [1.165, 1.54) is 6.07 Å². The van der Waals surface area contributed by atoms with Crippen molar-refractivity contribution < 1.29 is 9.63 Å². The highest BCUT2D eigenvalue weighted by atomic mass is 35.5. The van der Waals surface area contributed by atoms with Crippen LogP contribution >= 0.6 is 23.2 Å². The largest absolute Gasteiger partial charge is 0.398 e. The lowest BCUT2D eigenvalue weighted by molar-refractivity contribution is 0.0516. The maximum Gasteiger partial charge on any atom is 0.367 e. The number of hydrogen-bond donors (Lipinski definition) is 2. The van der Waals surface area contributed by atoms with Crippen LogP contribution in [0, 0.1) is 6.92 Å². The number of oxime groups is 1. The number of nitrogens with zero attached hydrogens (tertiary/aromatic N) is 1. The number of carbonyl (C=O) groups excluding carboxylic acids is 1. The number of hydrogen-bond acceptors (Lipinski definition) is 4. The Balaban J connectivity index is 2.22. The molecule has 0 saturated carbocycles. The summed E-state index contributed by atoms with van der Waals surface area (Å²) in [6.45, 7) is 1.79. The smallest absolute Gasteiger partial charge is 0.367 e. The van der Waals surface area contributed by atoms with E-state index in [0.717, 1.165) is 5.56 Å². The molecule has 0 aromatic heterocycles. The molecule has 2 aromatic rings. The Morgan fingerprint density at radius 1 is 1.14 bits per heavy atom. The van der Waals surface area contributed by atoms with Gasteiger partial charge in [-0.2, -0.15) is 0 Å². The molecular weight excluding hydrogens is 325 g/mol. The van der Waals surface area contributed by atoms with Crippen LogP contribution in [0.2, 0.25) is 10.0 Å². The number of halogens is 2. The molecule has 0 heterocycles. The Morgan fingerprint density at radius 2 is 1.77 bits per heavy atom. The zero-order chi connectivity index (χ0) is 16.3. The summed E-state index contributed by atoms with van der Waals surface area (Å²) < 4.78 is 0. The maximum absolute atomic E-state index is 12.0. The van der Waals surface area contributed by atoms with Gasteiger partial charge in [0.1, 0.15) is 0 Å². The van der Waals surface area contributed by atoms with E-state index in [0.29, 0.717) is 11.3 Å². The van der Waals surface area contributed by atoms with Crippen molar-refractivity contribution in [2.24, 2.45) is 10.9 Å². The first kappa shape index (κ1) is 16.1. The topological polar surface area (TPSA) is 90.7 Å². The molecule has 2 rings (SSSR count). The zero-order valence-electron chi connectivity index (χ0n) is 11.6. The molecule has 0 spiro atoms. The van der Waals surface area contributed by atoms with Crippen LogP contribution in [-0.2, 0) is 4.84 Å². The molecule has 22 heavy (non-hydrogen) atoms. The predicted molar refractivity (Wildman–Crippen MR) is 88.2 cm³/mol. The molecule has 114 valence electrons. The van der Waals surface area contributed by atoms with Crippen molar-refractivity contribution in [3.8, 4) is 0 Å². The third-order valence-corrected chi connectivity index (χ3v) is 3.87. The van der Waals surface area contributed by atoms with E-state index in [9.17, 15) is 4.79 Å². The Labute approximate surface area is 137 Å². The number of carbonyl (C=O) groups is 1. The minimum absolute atomic E-state index is 0.0382. The van der Waals surface area contributed by atoms with E-state index in [4.69, 9.17) is 39.5 Å². The number of rotatable bonds is 3. The Morgan fingerprint density at radius 3 is 2.50 bits per heavy atom. The maximum atomic E-state index is 12.0. The highest BCUT2D eigenvalue weighted by Crippen LogP contribution is 2.26. The lowest BCUT2D eigenvalue weighted by Crippen LogP contribution is -2.17. The highest BCUT2D eigenvalue weighted by molar-refractivity contribution is 6.43. The van der Waals surface area contributed by atoms with Gasteiger partial charge < -0.3 is 16.3 Å². The Kier molecular flexibility index (Phi) is 4.90. The molecule has 0 radical (unpaired) electrons.